The molecule has 0 aliphatic carbocycles. The third kappa shape index (κ3) is 2.86. The van der Waals surface area contributed by atoms with Crippen LogP contribution < -0.4 is 10.2 Å². The number of halogens is 1. The van der Waals surface area contributed by atoms with Crippen molar-refractivity contribution in [3.8, 4) is 0 Å². The van der Waals surface area contributed by atoms with E-state index in [0.29, 0.717) is 32.0 Å². The van der Waals surface area contributed by atoms with E-state index in [1.807, 2.05) is 6.92 Å². The Hall–Kier alpha value is -1.46. The van der Waals surface area contributed by atoms with Crippen LogP contribution in [-0.2, 0) is 9.53 Å². The van der Waals surface area contributed by atoms with E-state index in [4.69, 9.17) is 4.74 Å². The lowest BCUT2D eigenvalue weighted by Gasteiger charge is -2.29. The number of rotatable bonds is 3. The lowest BCUT2D eigenvalue weighted by molar-refractivity contribution is -0.123. The van der Waals surface area contributed by atoms with Gasteiger partial charge < -0.3 is 15.0 Å². The molecule has 1 unspecified atom stereocenters. The normalized spacial score (nSPS) is 19.6. The maximum atomic E-state index is 13.2. The van der Waals surface area contributed by atoms with E-state index in [9.17, 15) is 9.18 Å². The SMILES string of the molecule is CCN(C(=O)C1COCCN1)c1cccc(F)c1. The van der Waals surface area contributed by atoms with Gasteiger partial charge >= 0.3 is 0 Å². The summed E-state index contributed by atoms with van der Waals surface area (Å²) in [5.74, 6) is -0.422. The standard InChI is InChI=1S/C13H17FN2O2/c1-2-16(11-5-3-4-10(14)8-11)13(17)12-9-18-7-6-15-12/h3-5,8,12,15H,2,6-7,9H2,1H3. The Bertz CT molecular complexity index is 419. The van der Waals surface area contributed by atoms with Crippen molar-refractivity contribution >= 4 is 11.6 Å². The molecule has 0 radical (unpaired) electrons. The van der Waals surface area contributed by atoms with Gasteiger partial charge in [0.2, 0.25) is 5.91 Å². The number of hydrogen-bond acceptors (Lipinski definition) is 3. The minimum Gasteiger partial charge on any atom is -0.378 e. The molecule has 2 rings (SSSR count). The van der Waals surface area contributed by atoms with Crippen molar-refractivity contribution in [2.75, 3.05) is 31.2 Å². The fourth-order valence-electron chi connectivity index (χ4n) is 2.02. The second-order valence-corrected chi connectivity index (χ2v) is 4.14. The number of carbonyl (C=O) groups excluding carboxylic acids is 1. The van der Waals surface area contributed by atoms with Gasteiger partial charge in [0, 0.05) is 18.8 Å². The van der Waals surface area contributed by atoms with Gasteiger partial charge in [-0.3, -0.25) is 4.79 Å². The quantitative estimate of drug-likeness (QED) is 0.878. The summed E-state index contributed by atoms with van der Waals surface area (Å²) in [7, 11) is 0. The van der Waals surface area contributed by atoms with Gasteiger partial charge in [-0.2, -0.15) is 0 Å². The van der Waals surface area contributed by atoms with Gasteiger partial charge in [-0.25, -0.2) is 4.39 Å². The van der Waals surface area contributed by atoms with Crippen LogP contribution in [0.3, 0.4) is 0 Å². The Morgan fingerprint density at radius 1 is 1.61 bits per heavy atom. The Labute approximate surface area is 106 Å². The van der Waals surface area contributed by atoms with Crippen LogP contribution in [0.2, 0.25) is 0 Å². The number of nitrogens with zero attached hydrogens (tertiary/aromatic N) is 1. The average molecular weight is 252 g/mol. The smallest absolute Gasteiger partial charge is 0.246 e. The maximum Gasteiger partial charge on any atom is 0.246 e. The molecule has 1 N–H and O–H groups in total. The minimum absolute atomic E-state index is 0.0807. The van der Waals surface area contributed by atoms with Crippen LogP contribution in [0.4, 0.5) is 10.1 Å². The molecule has 1 aromatic rings. The molecule has 0 spiro atoms. The third-order valence-corrected chi connectivity index (χ3v) is 2.92. The number of morpholine rings is 1. The first-order chi connectivity index (χ1) is 8.72. The topological polar surface area (TPSA) is 41.6 Å². The third-order valence-electron chi connectivity index (χ3n) is 2.92. The van der Waals surface area contributed by atoms with Crippen molar-refractivity contribution in [2.45, 2.75) is 13.0 Å². The van der Waals surface area contributed by atoms with Crippen molar-refractivity contribution in [3.05, 3.63) is 30.1 Å². The van der Waals surface area contributed by atoms with Crippen molar-refractivity contribution in [1.82, 2.24) is 5.32 Å². The van der Waals surface area contributed by atoms with Crippen LogP contribution in [0.5, 0.6) is 0 Å². The Morgan fingerprint density at radius 3 is 3.06 bits per heavy atom. The molecule has 4 nitrogen and oxygen atoms in total. The zero-order chi connectivity index (χ0) is 13.0. The number of ether oxygens (including phenoxy) is 1. The number of hydrogen-bond donors (Lipinski definition) is 1. The van der Waals surface area contributed by atoms with Gasteiger partial charge in [-0.05, 0) is 25.1 Å². The summed E-state index contributed by atoms with van der Waals surface area (Å²) in [5, 5.41) is 3.11. The van der Waals surface area contributed by atoms with E-state index < -0.39 is 0 Å². The summed E-state index contributed by atoms with van der Waals surface area (Å²) in [6, 6.07) is 5.72. The Balaban J connectivity index is 2.14. The van der Waals surface area contributed by atoms with Crippen molar-refractivity contribution in [1.29, 1.82) is 0 Å². The highest BCUT2D eigenvalue weighted by atomic mass is 19.1. The lowest BCUT2D eigenvalue weighted by atomic mass is 10.2. The van der Waals surface area contributed by atoms with E-state index in [2.05, 4.69) is 5.32 Å². The Kier molecular flexibility index (Phi) is 4.28. The number of benzene rings is 1. The maximum absolute atomic E-state index is 13.2. The molecule has 1 aliphatic rings. The molecule has 1 atom stereocenters. The number of likely N-dealkylation sites (N-methyl/N-ethyl adjacent to an activating group) is 1. The van der Waals surface area contributed by atoms with Crippen molar-refractivity contribution in [3.63, 3.8) is 0 Å². The summed E-state index contributed by atoms with van der Waals surface area (Å²) < 4.78 is 18.5. The van der Waals surface area contributed by atoms with Crippen LogP contribution >= 0.6 is 0 Å². The van der Waals surface area contributed by atoms with Gasteiger partial charge in [0.1, 0.15) is 11.9 Å². The first-order valence-corrected chi connectivity index (χ1v) is 6.10. The molecule has 1 fully saturated rings. The molecular weight excluding hydrogens is 235 g/mol. The summed E-state index contributed by atoms with van der Waals surface area (Å²) in [6.07, 6.45) is 0. The van der Waals surface area contributed by atoms with Gasteiger partial charge in [0.05, 0.1) is 13.2 Å². The van der Waals surface area contributed by atoms with Gasteiger partial charge in [-0.15, -0.1) is 0 Å². The highest BCUT2D eigenvalue weighted by Crippen LogP contribution is 2.16. The molecule has 0 saturated carbocycles. The molecule has 1 amide bonds. The largest absolute Gasteiger partial charge is 0.378 e. The second-order valence-electron chi connectivity index (χ2n) is 4.14. The molecule has 0 bridgehead atoms. The van der Waals surface area contributed by atoms with Crippen LogP contribution in [0.1, 0.15) is 6.92 Å². The zero-order valence-electron chi connectivity index (χ0n) is 10.4. The van der Waals surface area contributed by atoms with E-state index in [1.54, 1.807) is 17.0 Å². The molecule has 1 aromatic carbocycles. The van der Waals surface area contributed by atoms with Gasteiger partial charge in [0.25, 0.3) is 0 Å². The van der Waals surface area contributed by atoms with E-state index in [1.165, 1.54) is 12.1 Å². The first kappa shape index (κ1) is 13.0. The number of anilines is 1. The van der Waals surface area contributed by atoms with Crippen molar-refractivity contribution in [2.24, 2.45) is 0 Å². The Morgan fingerprint density at radius 2 is 2.44 bits per heavy atom. The highest BCUT2D eigenvalue weighted by Gasteiger charge is 2.26. The average Bonchev–Trinajstić information content (AvgIpc) is 2.40. The minimum atomic E-state index is -0.345. The fourth-order valence-corrected chi connectivity index (χ4v) is 2.02. The monoisotopic (exact) mass is 252 g/mol. The van der Waals surface area contributed by atoms with Crippen LogP contribution in [0.25, 0.3) is 0 Å². The lowest BCUT2D eigenvalue weighted by Crippen LogP contribution is -2.52. The van der Waals surface area contributed by atoms with Gasteiger partial charge in [0.15, 0.2) is 0 Å². The van der Waals surface area contributed by atoms with E-state index in [-0.39, 0.29) is 17.8 Å². The predicted molar refractivity (Wildman–Crippen MR) is 67.0 cm³/mol. The second kappa shape index (κ2) is 5.93. The first-order valence-electron chi connectivity index (χ1n) is 6.10. The summed E-state index contributed by atoms with van der Waals surface area (Å²) in [6.45, 7) is 4.02. The predicted octanol–water partition coefficient (Wildman–Crippen LogP) is 1.17. The number of carbonyl (C=O) groups is 1. The van der Waals surface area contributed by atoms with E-state index in [0.717, 1.165) is 0 Å². The molecule has 98 valence electrons. The fraction of sp³-hybridized carbons (Fsp3) is 0.462. The zero-order valence-corrected chi connectivity index (χ0v) is 10.4. The molecule has 1 saturated heterocycles. The summed E-state index contributed by atoms with van der Waals surface area (Å²) in [5.41, 5.74) is 0.579. The summed E-state index contributed by atoms with van der Waals surface area (Å²) in [4.78, 5) is 13.9. The molecule has 1 heterocycles. The molecular formula is C13H17FN2O2. The number of amides is 1. The number of nitrogens with one attached hydrogen (secondary N) is 1. The van der Waals surface area contributed by atoms with Crippen LogP contribution in [-0.4, -0.2) is 38.3 Å². The van der Waals surface area contributed by atoms with Gasteiger partial charge in [-0.1, -0.05) is 6.07 Å². The molecule has 1 aliphatic heterocycles. The molecule has 18 heavy (non-hydrogen) atoms. The van der Waals surface area contributed by atoms with Crippen molar-refractivity contribution < 1.29 is 13.9 Å². The highest BCUT2D eigenvalue weighted by molar-refractivity contribution is 5.97. The summed E-state index contributed by atoms with van der Waals surface area (Å²) >= 11 is 0. The molecule has 5 heteroatoms. The molecule has 0 aromatic heterocycles. The van der Waals surface area contributed by atoms with Crippen LogP contribution in [0, 0.1) is 5.82 Å². The van der Waals surface area contributed by atoms with Crippen LogP contribution in [0.15, 0.2) is 24.3 Å². The van der Waals surface area contributed by atoms with E-state index >= 15 is 0 Å².